The van der Waals surface area contributed by atoms with Crippen LogP contribution in [0.1, 0.15) is 34.6 Å². The molecule has 4 rings (SSSR count). The molecule has 1 heterocycles. The average Bonchev–Trinajstić information content (AvgIpc) is 2.97. The Labute approximate surface area is 243 Å². The number of amides is 4. The van der Waals surface area contributed by atoms with Crippen molar-refractivity contribution in [1.29, 1.82) is 0 Å². The monoisotopic (exact) mass is 580 g/mol. The van der Waals surface area contributed by atoms with Crippen LogP contribution in [-0.4, -0.2) is 73.6 Å². The number of fused-ring (bicyclic) bond motifs is 1. The van der Waals surface area contributed by atoms with Crippen molar-refractivity contribution < 1.29 is 32.6 Å². The molecule has 0 saturated carbocycles. The van der Waals surface area contributed by atoms with E-state index in [1.165, 1.54) is 59.5 Å². The molecule has 2 N–H and O–H groups in total. The SMILES string of the molecule is CO[C@@H]1CN(C)C(=O)c2ccc(NC(=O)Nc3ccc(F)cc3)cc2OC[C@@H](C)N(C(=O)c2ccc(F)cc2)C[C@H]1C. The number of rotatable bonds is 4. The van der Waals surface area contributed by atoms with Gasteiger partial charge in [-0.15, -0.1) is 0 Å². The minimum atomic E-state index is -0.570. The van der Waals surface area contributed by atoms with Crippen LogP contribution in [0.3, 0.4) is 0 Å². The number of halogens is 2. The molecule has 3 atom stereocenters. The van der Waals surface area contributed by atoms with E-state index in [2.05, 4.69) is 10.6 Å². The Hall–Kier alpha value is -4.51. The van der Waals surface area contributed by atoms with Gasteiger partial charge in [-0.2, -0.15) is 0 Å². The number of hydrogen-bond donors (Lipinski definition) is 2. The number of nitrogens with one attached hydrogen (secondary N) is 2. The molecule has 0 spiro atoms. The third-order valence-electron chi connectivity index (χ3n) is 7.16. The lowest BCUT2D eigenvalue weighted by molar-refractivity contribution is 0.0111. The van der Waals surface area contributed by atoms with E-state index in [0.717, 1.165) is 0 Å². The fourth-order valence-electron chi connectivity index (χ4n) is 4.72. The Morgan fingerprint density at radius 1 is 0.905 bits per heavy atom. The molecule has 9 nitrogen and oxygen atoms in total. The third-order valence-corrected chi connectivity index (χ3v) is 7.16. The topological polar surface area (TPSA) is 100 Å². The van der Waals surface area contributed by atoms with Crippen molar-refractivity contribution in [3.8, 4) is 5.75 Å². The van der Waals surface area contributed by atoms with Crippen molar-refractivity contribution in [1.82, 2.24) is 9.80 Å². The van der Waals surface area contributed by atoms with E-state index in [9.17, 15) is 23.2 Å². The summed E-state index contributed by atoms with van der Waals surface area (Å²) in [7, 11) is 3.22. The smallest absolute Gasteiger partial charge is 0.323 e. The van der Waals surface area contributed by atoms with Crippen LogP contribution in [0.2, 0.25) is 0 Å². The molecule has 0 aromatic heterocycles. The first-order valence-corrected chi connectivity index (χ1v) is 13.5. The summed E-state index contributed by atoms with van der Waals surface area (Å²) in [4.78, 5) is 42.8. The van der Waals surface area contributed by atoms with Gasteiger partial charge < -0.3 is 29.9 Å². The molecule has 0 fully saturated rings. The number of carbonyl (C=O) groups is 3. The second-order valence-electron chi connectivity index (χ2n) is 10.4. The Balaban J connectivity index is 1.61. The summed E-state index contributed by atoms with van der Waals surface area (Å²) in [5, 5.41) is 5.30. The third kappa shape index (κ3) is 7.41. The Bertz CT molecular complexity index is 1420. The largest absolute Gasteiger partial charge is 0.491 e. The number of carbonyl (C=O) groups excluding carboxylic acids is 3. The summed E-state index contributed by atoms with van der Waals surface area (Å²) in [6, 6.07) is 14.3. The molecule has 4 amide bonds. The predicted octanol–water partition coefficient (Wildman–Crippen LogP) is 5.26. The van der Waals surface area contributed by atoms with E-state index >= 15 is 0 Å². The van der Waals surface area contributed by atoms with E-state index in [4.69, 9.17) is 9.47 Å². The van der Waals surface area contributed by atoms with E-state index in [1.807, 2.05) is 13.8 Å². The van der Waals surface area contributed by atoms with Crippen LogP contribution in [0, 0.1) is 17.6 Å². The summed E-state index contributed by atoms with van der Waals surface area (Å²) in [5.41, 5.74) is 1.36. The Morgan fingerprint density at radius 3 is 2.14 bits per heavy atom. The first-order valence-electron chi connectivity index (χ1n) is 13.5. The Morgan fingerprint density at radius 2 is 1.50 bits per heavy atom. The fraction of sp³-hybridized carbons (Fsp3) is 0.323. The van der Waals surface area contributed by atoms with Gasteiger partial charge in [0.15, 0.2) is 0 Å². The maximum atomic E-state index is 13.6. The van der Waals surface area contributed by atoms with Gasteiger partial charge in [0.1, 0.15) is 24.0 Å². The summed E-state index contributed by atoms with van der Waals surface area (Å²) in [6.45, 7) is 4.36. The van der Waals surface area contributed by atoms with Gasteiger partial charge in [-0.05, 0) is 67.6 Å². The van der Waals surface area contributed by atoms with Gasteiger partial charge in [-0.25, -0.2) is 13.6 Å². The summed E-state index contributed by atoms with van der Waals surface area (Å²) in [5.74, 6) is -1.38. The lowest BCUT2D eigenvalue weighted by Crippen LogP contribution is -2.48. The molecule has 3 aromatic carbocycles. The fourth-order valence-corrected chi connectivity index (χ4v) is 4.72. The minimum Gasteiger partial charge on any atom is -0.491 e. The number of likely N-dealkylation sites (N-methyl/N-ethyl adjacent to an activating group) is 1. The summed E-state index contributed by atoms with van der Waals surface area (Å²) >= 11 is 0. The number of urea groups is 1. The molecule has 0 saturated heterocycles. The zero-order valence-corrected chi connectivity index (χ0v) is 23.9. The van der Waals surface area contributed by atoms with Crippen molar-refractivity contribution in [3.63, 3.8) is 0 Å². The molecular formula is C31H34F2N4O5. The number of hydrogen-bond acceptors (Lipinski definition) is 5. The summed E-state index contributed by atoms with van der Waals surface area (Å²) in [6.07, 6.45) is -0.380. The molecular weight excluding hydrogens is 546 g/mol. The molecule has 0 radical (unpaired) electrons. The maximum absolute atomic E-state index is 13.6. The van der Waals surface area contributed by atoms with Gasteiger partial charge in [-0.3, -0.25) is 9.59 Å². The lowest BCUT2D eigenvalue weighted by Gasteiger charge is -2.36. The van der Waals surface area contributed by atoms with Gasteiger partial charge >= 0.3 is 6.03 Å². The van der Waals surface area contributed by atoms with Crippen molar-refractivity contribution in [2.24, 2.45) is 5.92 Å². The van der Waals surface area contributed by atoms with Crippen LogP contribution >= 0.6 is 0 Å². The molecule has 1 aliphatic rings. The highest BCUT2D eigenvalue weighted by Gasteiger charge is 2.31. The normalized spacial score (nSPS) is 19.6. The second-order valence-corrected chi connectivity index (χ2v) is 10.4. The molecule has 0 bridgehead atoms. The van der Waals surface area contributed by atoms with Gasteiger partial charge in [0, 0.05) is 56.2 Å². The quantitative estimate of drug-likeness (QED) is 0.439. The van der Waals surface area contributed by atoms with Crippen LogP contribution in [-0.2, 0) is 4.74 Å². The standard InChI is InChI=1S/C31H34F2N4O5/c1-19-16-37(29(38)21-5-7-22(32)8-6-21)20(2)18-42-27-15-25(35-31(40)34-24-11-9-23(33)10-12-24)13-14-26(27)30(39)36(3)17-28(19)41-4/h5-15,19-20,28H,16-18H2,1-4H3,(H2,34,35,40)/t19-,20-,28-/m1/s1. The van der Waals surface area contributed by atoms with Crippen molar-refractivity contribution in [2.45, 2.75) is 26.0 Å². The molecule has 222 valence electrons. The Kier molecular flexibility index (Phi) is 9.74. The van der Waals surface area contributed by atoms with Crippen LogP contribution in [0.4, 0.5) is 25.0 Å². The highest BCUT2D eigenvalue weighted by molar-refractivity contribution is 6.01. The molecule has 3 aromatic rings. The minimum absolute atomic E-state index is 0.0343. The predicted molar refractivity (Wildman–Crippen MR) is 155 cm³/mol. The number of anilines is 2. The van der Waals surface area contributed by atoms with Crippen LogP contribution in [0.15, 0.2) is 66.7 Å². The zero-order chi connectivity index (χ0) is 30.4. The van der Waals surface area contributed by atoms with Gasteiger partial charge in [0.05, 0.1) is 17.7 Å². The molecule has 1 aliphatic heterocycles. The number of nitrogens with zero attached hydrogens (tertiary/aromatic N) is 2. The van der Waals surface area contributed by atoms with Crippen molar-refractivity contribution >= 4 is 29.2 Å². The molecule has 0 unspecified atom stereocenters. The molecule has 0 aliphatic carbocycles. The lowest BCUT2D eigenvalue weighted by atomic mass is 10.0. The van der Waals surface area contributed by atoms with Crippen molar-refractivity contribution in [3.05, 3.63) is 89.5 Å². The average molecular weight is 581 g/mol. The van der Waals surface area contributed by atoms with Gasteiger partial charge in [0.25, 0.3) is 11.8 Å². The number of methoxy groups -OCH3 is 1. The van der Waals surface area contributed by atoms with Gasteiger partial charge in [0.2, 0.25) is 0 Å². The van der Waals surface area contributed by atoms with Crippen LogP contribution < -0.4 is 15.4 Å². The zero-order valence-electron chi connectivity index (χ0n) is 23.9. The van der Waals surface area contributed by atoms with Crippen molar-refractivity contribution in [2.75, 3.05) is 44.5 Å². The molecule has 11 heteroatoms. The first-order chi connectivity index (χ1) is 20.0. The van der Waals surface area contributed by atoms with Crippen LogP contribution in [0.5, 0.6) is 5.75 Å². The second kappa shape index (κ2) is 13.4. The first kappa shape index (κ1) is 30.4. The van der Waals surface area contributed by atoms with E-state index in [1.54, 1.807) is 31.2 Å². The van der Waals surface area contributed by atoms with Gasteiger partial charge in [-0.1, -0.05) is 6.92 Å². The number of benzene rings is 3. The van der Waals surface area contributed by atoms with E-state index in [0.29, 0.717) is 23.5 Å². The highest BCUT2D eigenvalue weighted by atomic mass is 19.1. The summed E-state index contributed by atoms with van der Waals surface area (Å²) < 4.78 is 38.6. The van der Waals surface area contributed by atoms with E-state index in [-0.39, 0.29) is 48.3 Å². The highest BCUT2D eigenvalue weighted by Crippen LogP contribution is 2.27. The number of ether oxygens (including phenoxy) is 2. The maximum Gasteiger partial charge on any atom is 0.323 e. The van der Waals surface area contributed by atoms with Crippen LogP contribution in [0.25, 0.3) is 0 Å². The van der Waals surface area contributed by atoms with E-state index < -0.39 is 23.7 Å². The molecule has 42 heavy (non-hydrogen) atoms.